The molecule has 0 N–H and O–H groups in total. The van der Waals surface area contributed by atoms with Gasteiger partial charge in [0.25, 0.3) is 0 Å². The monoisotopic (exact) mass is 136 g/mol. The van der Waals surface area contributed by atoms with Crippen LogP contribution >= 0.6 is 0 Å². The van der Waals surface area contributed by atoms with Crippen molar-refractivity contribution < 1.29 is 6.22 Å². The molecular formula is C9H12O. The lowest BCUT2D eigenvalue weighted by molar-refractivity contribution is -0.116. The first kappa shape index (κ1) is 7.00. The number of rotatable bonds is 2. The second-order valence-corrected chi connectivity index (χ2v) is 2.36. The molecule has 0 aromatic heterocycles. The smallest absolute Gasteiger partial charge is 0.134 e. The molecule has 1 heteroatoms. The first-order chi connectivity index (χ1) is 4.79. The van der Waals surface area contributed by atoms with Crippen molar-refractivity contribution in [1.82, 2.24) is 0 Å². The molecule has 1 aromatic carbocycles. The minimum Gasteiger partial charge on any atom is -0.300 e. The Hall–Kier alpha value is -1.11. The fraction of sp³-hybridized carbons (Fsp3) is 0.222. The average molecular weight is 136 g/mol. The molecule has 1 nitrogen and oxygen atoms in total. The van der Waals surface area contributed by atoms with E-state index in [-0.39, 0.29) is 7.21 Å². The molecule has 1 rings (SSSR count). The van der Waals surface area contributed by atoms with Crippen molar-refractivity contribution >= 4 is 5.78 Å². The third-order valence-corrected chi connectivity index (χ3v) is 1.30. The minimum atomic E-state index is 0. The predicted molar refractivity (Wildman–Crippen MR) is 42.9 cm³/mol. The molecule has 0 radical (unpaired) electrons. The molecular weight excluding hydrogens is 124 g/mol. The molecule has 0 heterocycles. The highest BCUT2D eigenvalue weighted by molar-refractivity contribution is 5.78. The molecule has 0 bridgehead atoms. The van der Waals surface area contributed by atoms with E-state index in [9.17, 15) is 4.79 Å². The second kappa shape index (κ2) is 3.16. The van der Waals surface area contributed by atoms with Crippen molar-refractivity contribution in [2.75, 3.05) is 0 Å². The lowest BCUT2D eigenvalue weighted by Crippen LogP contribution is -1.94. The van der Waals surface area contributed by atoms with E-state index in [4.69, 9.17) is 0 Å². The fourth-order valence-corrected chi connectivity index (χ4v) is 0.883. The maximum atomic E-state index is 10.6. The van der Waals surface area contributed by atoms with Gasteiger partial charge in [-0.2, -0.15) is 0 Å². The molecule has 0 aliphatic heterocycles. The van der Waals surface area contributed by atoms with Crippen LogP contribution in [0.5, 0.6) is 0 Å². The van der Waals surface area contributed by atoms with E-state index in [2.05, 4.69) is 0 Å². The van der Waals surface area contributed by atoms with Gasteiger partial charge in [-0.15, -0.1) is 0 Å². The Labute approximate surface area is 62.2 Å². The van der Waals surface area contributed by atoms with Gasteiger partial charge in [-0.05, 0) is 12.5 Å². The summed E-state index contributed by atoms with van der Waals surface area (Å²) in [4.78, 5) is 10.6. The standard InChI is InChI=1S/C9H10O.H2/c1-8(10)7-9-5-3-2-4-6-9;/h2-6H,7H2,1H3;1H. The number of Topliss-reactive ketones (excluding diaryl/α,β-unsaturated/α-hetero) is 1. The number of ketones is 1. The van der Waals surface area contributed by atoms with Crippen molar-refractivity contribution in [1.29, 1.82) is 0 Å². The molecule has 1 aromatic rings. The molecule has 54 valence electrons. The number of carbonyl (C=O) groups is 1. The van der Waals surface area contributed by atoms with Gasteiger partial charge in [0.05, 0.1) is 0 Å². The molecule has 0 fully saturated rings. The van der Waals surface area contributed by atoms with Gasteiger partial charge >= 0.3 is 0 Å². The Morgan fingerprint density at radius 1 is 1.40 bits per heavy atom. The van der Waals surface area contributed by atoms with Crippen LogP contribution in [0.25, 0.3) is 0 Å². The highest BCUT2D eigenvalue weighted by Crippen LogP contribution is 1.98. The summed E-state index contributed by atoms with van der Waals surface area (Å²) in [6.07, 6.45) is 0.556. The zero-order valence-corrected chi connectivity index (χ0v) is 6.00. The molecule has 0 aliphatic carbocycles. The average Bonchev–Trinajstić information content (AvgIpc) is 1.88. The summed E-state index contributed by atoms with van der Waals surface area (Å²) in [6.45, 7) is 1.60. The maximum Gasteiger partial charge on any atom is 0.134 e. The van der Waals surface area contributed by atoms with Gasteiger partial charge in [0, 0.05) is 7.85 Å². The minimum absolute atomic E-state index is 0. The number of carbonyl (C=O) groups excluding carboxylic acids is 1. The quantitative estimate of drug-likeness (QED) is 0.608. The van der Waals surface area contributed by atoms with E-state index in [0.29, 0.717) is 6.42 Å². The van der Waals surface area contributed by atoms with Crippen LogP contribution < -0.4 is 0 Å². The van der Waals surface area contributed by atoms with Gasteiger partial charge in [-0.3, -0.25) is 4.79 Å². The highest BCUT2D eigenvalue weighted by atomic mass is 16.1. The molecule has 0 spiro atoms. The zero-order valence-electron chi connectivity index (χ0n) is 6.00. The zero-order chi connectivity index (χ0) is 7.40. The van der Waals surface area contributed by atoms with Crippen molar-refractivity contribution in [2.45, 2.75) is 13.3 Å². The van der Waals surface area contributed by atoms with E-state index in [1.165, 1.54) is 0 Å². The van der Waals surface area contributed by atoms with E-state index < -0.39 is 0 Å². The van der Waals surface area contributed by atoms with Crippen molar-refractivity contribution in [2.24, 2.45) is 0 Å². The van der Waals surface area contributed by atoms with E-state index >= 15 is 0 Å². The predicted octanol–water partition coefficient (Wildman–Crippen LogP) is 2.06. The van der Waals surface area contributed by atoms with Crippen molar-refractivity contribution in [3.8, 4) is 0 Å². The topological polar surface area (TPSA) is 17.1 Å². The first-order valence-electron chi connectivity index (χ1n) is 3.32. The third-order valence-electron chi connectivity index (χ3n) is 1.30. The molecule has 0 amide bonds. The Bertz CT molecular complexity index is 218. The van der Waals surface area contributed by atoms with Crippen LogP contribution in [0, 0.1) is 0 Å². The van der Waals surface area contributed by atoms with Crippen LogP contribution in [0.4, 0.5) is 0 Å². The highest BCUT2D eigenvalue weighted by Gasteiger charge is 1.93. The van der Waals surface area contributed by atoms with E-state index in [0.717, 1.165) is 5.56 Å². The van der Waals surface area contributed by atoms with Gasteiger partial charge in [0.15, 0.2) is 0 Å². The Morgan fingerprint density at radius 2 is 2.00 bits per heavy atom. The Morgan fingerprint density at radius 3 is 2.50 bits per heavy atom. The van der Waals surface area contributed by atoms with Crippen LogP contribution in [0.1, 0.15) is 13.9 Å². The summed E-state index contributed by atoms with van der Waals surface area (Å²) >= 11 is 0. The van der Waals surface area contributed by atoms with Gasteiger partial charge in [-0.25, -0.2) is 0 Å². The van der Waals surface area contributed by atoms with Gasteiger partial charge in [0.1, 0.15) is 5.78 Å². The van der Waals surface area contributed by atoms with Crippen molar-refractivity contribution in [3.05, 3.63) is 35.9 Å². The summed E-state index contributed by atoms with van der Waals surface area (Å²) in [6, 6.07) is 9.75. The van der Waals surface area contributed by atoms with E-state index in [1.807, 2.05) is 30.3 Å². The summed E-state index contributed by atoms with van der Waals surface area (Å²) in [7, 11) is 0. The lowest BCUT2D eigenvalue weighted by Gasteiger charge is -1.93. The van der Waals surface area contributed by atoms with Crippen LogP contribution in [0.2, 0.25) is 0 Å². The molecule has 0 saturated heterocycles. The normalized spacial score (nSPS) is 9.30. The number of benzene rings is 1. The number of hydrogen-bond donors (Lipinski definition) is 0. The van der Waals surface area contributed by atoms with Gasteiger partial charge < -0.3 is 0 Å². The molecule has 0 aliphatic rings. The van der Waals surface area contributed by atoms with Crippen LogP contribution in [0.3, 0.4) is 0 Å². The molecule has 10 heavy (non-hydrogen) atoms. The molecule has 0 atom stereocenters. The largest absolute Gasteiger partial charge is 0.300 e. The Kier molecular flexibility index (Phi) is 2.21. The van der Waals surface area contributed by atoms with Gasteiger partial charge in [-0.1, -0.05) is 30.3 Å². The SMILES string of the molecule is CC(=O)Cc1ccccc1.[HH]. The Balaban J connectivity index is 0.000001000. The summed E-state index contributed by atoms with van der Waals surface area (Å²) < 4.78 is 0. The molecule has 0 unspecified atom stereocenters. The number of hydrogen-bond acceptors (Lipinski definition) is 1. The fourth-order valence-electron chi connectivity index (χ4n) is 0.883. The maximum absolute atomic E-state index is 10.6. The van der Waals surface area contributed by atoms with Crippen molar-refractivity contribution in [3.63, 3.8) is 0 Å². The summed E-state index contributed by atoms with van der Waals surface area (Å²) in [5, 5.41) is 0. The third kappa shape index (κ3) is 2.02. The summed E-state index contributed by atoms with van der Waals surface area (Å²) in [5.74, 6) is 0.214. The first-order valence-corrected chi connectivity index (χ1v) is 3.32. The summed E-state index contributed by atoms with van der Waals surface area (Å²) in [5.41, 5.74) is 1.09. The van der Waals surface area contributed by atoms with Crippen LogP contribution in [0.15, 0.2) is 30.3 Å². The van der Waals surface area contributed by atoms with Crippen LogP contribution in [-0.2, 0) is 11.2 Å². The van der Waals surface area contributed by atoms with Crippen LogP contribution in [-0.4, -0.2) is 5.78 Å². The van der Waals surface area contributed by atoms with E-state index in [1.54, 1.807) is 6.92 Å². The second-order valence-electron chi connectivity index (χ2n) is 2.36. The van der Waals surface area contributed by atoms with Gasteiger partial charge in [0.2, 0.25) is 0 Å². The lowest BCUT2D eigenvalue weighted by atomic mass is 10.1. The molecule has 0 saturated carbocycles.